The Labute approximate surface area is 135 Å². The molecule has 2 N–H and O–H groups in total. The minimum absolute atomic E-state index is 0.00694. The molecule has 1 saturated heterocycles. The fraction of sp³-hybridized carbons (Fsp3) is 0.538. The van der Waals surface area contributed by atoms with E-state index >= 15 is 0 Å². The van der Waals surface area contributed by atoms with Crippen LogP contribution in [0.4, 0.5) is 0 Å². The molecule has 0 radical (unpaired) electrons. The summed E-state index contributed by atoms with van der Waals surface area (Å²) in [4.78, 5) is 0.00694. The van der Waals surface area contributed by atoms with Crippen molar-refractivity contribution in [3.05, 3.63) is 27.7 Å². The van der Waals surface area contributed by atoms with E-state index in [9.17, 15) is 8.42 Å². The molecule has 0 bridgehead atoms. The molecule has 118 valence electrons. The summed E-state index contributed by atoms with van der Waals surface area (Å²) >= 11 is 12.2. The maximum absolute atomic E-state index is 12.5. The Morgan fingerprint density at radius 3 is 2.76 bits per heavy atom. The van der Waals surface area contributed by atoms with Gasteiger partial charge in [-0.05, 0) is 37.6 Å². The number of nitrogens with one attached hydrogen (secondary N) is 2. The Hall–Kier alpha value is -0.370. The molecule has 2 rings (SSSR count). The van der Waals surface area contributed by atoms with Gasteiger partial charge in [0.2, 0.25) is 10.0 Å². The van der Waals surface area contributed by atoms with E-state index in [0.29, 0.717) is 30.3 Å². The topological polar surface area (TPSA) is 67.4 Å². The van der Waals surface area contributed by atoms with Crippen molar-refractivity contribution in [1.29, 1.82) is 0 Å². The molecule has 1 aliphatic heterocycles. The van der Waals surface area contributed by atoms with Gasteiger partial charge in [-0.15, -0.1) is 0 Å². The molecule has 1 atom stereocenters. The van der Waals surface area contributed by atoms with Gasteiger partial charge in [-0.3, -0.25) is 0 Å². The van der Waals surface area contributed by atoms with E-state index in [2.05, 4.69) is 10.0 Å². The summed E-state index contributed by atoms with van der Waals surface area (Å²) in [5.41, 5.74) is 0.645. The average molecular weight is 353 g/mol. The summed E-state index contributed by atoms with van der Waals surface area (Å²) in [7, 11) is -1.98. The van der Waals surface area contributed by atoms with Crippen LogP contribution in [0.5, 0.6) is 0 Å². The van der Waals surface area contributed by atoms with Crippen molar-refractivity contribution in [1.82, 2.24) is 10.0 Å². The van der Waals surface area contributed by atoms with Crippen LogP contribution in [0.2, 0.25) is 10.0 Å². The molecule has 1 fully saturated rings. The van der Waals surface area contributed by atoms with Crippen LogP contribution in [0.1, 0.15) is 18.4 Å². The van der Waals surface area contributed by atoms with Crippen LogP contribution in [0, 0.1) is 0 Å². The van der Waals surface area contributed by atoms with E-state index < -0.39 is 10.0 Å². The summed E-state index contributed by atoms with van der Waals surface area (Å²) < 4.78 is 32.9. The van der Waals surface area contributed by atoms with E-state index in [-0.39, 0.29) is 16.0 Å². The standard InChI is InChI=1S/C13H18Cl2N2O3S/c1-16-7-9-5-10(14)6-12(13(9)15)21(18,19)17-11-3-2-4-20-8-11/h5-6,11,16-17H,2-4,7-8H2,1H3. The van der Waals surface area contributed by atoms with Gasteiger partial charge in [-0.2, -0.15) is 0 Å². The lowest BCUT2D eigenvalue weighted by Gasteiger charge is -2.23. The van der Waals surface area contributed by atoms with Crippen molar-refractivity contribution >= 4 is 33.2 Å². The number of rotatable bonds is 5. The van der Waals surface area contributed by atoms with Gasteiger partial charge in [0.1, 0.15) is 4.90 Å². The van der Waals surface area contributed by atoms with Crippen molar-refractivity contribution in [2.75, 3.05) is 20.3 Å². The summed E-state index contributed by atoms with van der Waals surface area (Å²) in [6.45, 7) is 1.48. The molecule has 1 heterocycles. The highest BCUT2D eigenvalue weighted by Gasteiger charge is 2.25. The second kappa shape index (κ2) is 7.26. The molecular weight excluding hydrogens is 335 g/mol. The highest BCUT2D eigenvalue weighted by Crippen LogP contribution is 2.29. The maximum atomic E-state index is 12.5. The van der Waals surface area contributed by atoms with Crippen LogP contribution < -0.4 is 10.0 Å². The minimum Gasteiger partial charge on any atom is -0.380 e. The molecular formula is C13H18Cl2N2O3S. The highest BCUT2D eigenvalue weighted by atomic mass is 35.5. The van der Waals surface area contributed by atoms with E-state index in [1.807, 2.05) is 0 Å². The molecule has 0 aliphatic carbocycles. The summed E-state index contributed by atoms with van der Waals surface area (Å²) in [6, 6.07) is 2.80. The zero-order valence-corrected chi connectivity index (χ0v) is 14.0. The molecule has 1 aromatic carbocycles. The SMILES string of the molecule is CNCc1cc(Cl)cc(S(=O)(=O)NC2CCCOC2)c1Cl. The first-order chi connectivity index (χ1) is 9.94. The Balaban J connectivity index is 2.30. The normalized spacial score (nSPS) is 19.7. The Bertz CT molecular complexity index is 602. The van der Waals surface area contributed by atoms with Gasteiger partial charge in [0.05, 0.1) is 11.6 Å². The van der Waals surface area contributed by atoms with Crippen LogP contribution in [0.15, 0.2) is 17.0 Å². The zero-order valence-electron chi connectivity index (χ0n) is 11.7. The molecule has 0 saturated carbocycles. The molecule has 5 nitrogen and oxygen atoms in total. The fourth-order valence-corrected chi connectivity index (χ4v) is 4.44. The zero-order chi connectivity index (χ0) is 15.5. The summed E-state index contributed by atoms with van der Waals surface area (Å²) in [5, 5.41) is 3.46. The number of benzene rings is 1. The number of halogens is 2. The molecule has 1 unspecified atom stereocenters. The van der Waals surface area contributed by atoms with Gasteiger partial charge in [-0.1, -0.05) is 23.2 Å². The third kappa shape index (κ3) is 4.31. The number of hydrogen-bond acceptors (Lipinski definition) is 4. The maximum Gasteiger partial charge on any atom is 0.242 e. The largest absolute Gasteiger partial charge is 0.380 e. The third-order valence-corrected chi connectivity index (χ3v) is 5.54. The number of ether oxygens (including phenoxy) is 1. The Morgan fingerprint density at radius 1 is 1.38 bits per heavy atom. The molecule has 1 aromatic rings. The first-order valence-electron chi connectivity index (χ1n) is 6.66. The van der Waals surface area contributed by atoms with Crippen molar-refractivity contribution < 1.29 is 13.2 Å². The summed E-state index contributed by atoms with van der Waals surface area (Å²) in [6.07, 6.45) is 1.59. The molecule has 1 aliphatic rings. The molecule has 0 amide bonds. The van der Waals surface area contributed by atoms with Gasteiger partial charge in [-0.25, -0.2) is 13.1 Å². The first kappa shape index (κ1) is 17.0. The van der Waals surface area contributed by atoms with Gasteiger partial charge < -0.3 is 10.1 Å². The summed E-state index contributed by atoms with van der Waals surface area (Å²) in [5.74, 6) is 0. The van der Waals surface area contributed by atoms with Crippen LogP contribution in [0.25, 0.3) is 0 Å². The number of hydrogen-bond donors (Lipinski definition) is 2. The Kier molecular flexibility index (Phi) is 5.88. The van der Waals surface area contributed by atoms with E-state index in [4.69, 9.17) is 27.9 Å². The van der Waals surface area contributed by atoms with Gasteiger partial charge in [0.15, 0.2) is 0 Å². The lowest BCUT2D eigenvalue weighted by molar-refractivity contribution is 0.0774. The van der Waals surface area contributed by atoms with Crippen molar-refractivity contribution in [2.45, 2.75) is 30.3 Å². The lowest BCUT2D eigenvalue weighted by Crippen LogP contribution is -2.40. The van der Waals surface area contributed by atoms with E-state index in [1.54, 1.807) is 13.1 Å². The van der Waals surface area contributed by atoms with Gasteiger partial charge in [0.25, 0.3) is 0 Å². The molecule has 0 aromatic heterocycles. The van der Waals surface area contributed by atoms with Crippen molar-refractivity contribution in [3.63, 3.8) is 0 Å². The van der Waals surface area contributed by atoms with Gasteiger partial charge in [0, 0.05) is 24.2 Å². The Morgan fingerprint density at radius 2 is 2.14 bits per heavy atom. The second-order valence-electron chi connectivity index (χ2n) is 4.94. The quantitative estimate of drug-likeness (QED) is 0.852. The van der Waals surface area contributed by atoms with E-state index in [1.165, 1.54) is 6.07 Å². The third-order valence-electron chi connectivity index (χ3n) is 3.22. The first-order valence-corrected chi connectivity index (χ1v) is 8.90. The van der Waals surface area contributed by atoms with Crippen LogP contribution in [-0.4, -0.2) is 34.7 Å². The monoisotopic (exact) mass is 352 g/mol. The predicted molar refractivity (Wildman–Crippen MR) is 83.4 cm³/mol. The molecule has 0 spiro atoms. The molecule has 21 heavy (non-hydrogen) atoms. The van der Waals surface area contributed by atoms with E-state index in [0.717, 1.165) is 12.8 Å². The average Bonchev–Trinajstić information content (AvgIpc) is 2.43. The van der Waals surface area contributed by atoms with Crippen molar-refractivity contribution in [3.8, 4) is 0 Å². The minimum atomic E-state index is -3.73. The fourth-order valence-electron chi connectivity index (χ4n) is 2.25. The second-order valence-corrected chi connectivity index (χ2v) is 7.44. The molecule has 8 heteroatoms. The predicted octanol–water partition coefficient (Wildman–Crippen LogP) is 2.17. The van der Waals surface area contributed by atoms with Crippen LogP contribution >= 0.6 is 23.2 Å². The van der Waals surface area contributed by atoms with Crippen LogP contribution in [-0.2, 0) is 21.3 Å². The lowest BCUT2D eigenvalue weighted by atomic mass is 10.1. The highest BCUT2D eigenvalue weighted by molar-refractivity contribution is 7.89. The number of sulfonamides is 1. The smallest absolute Gasteiger partial charge is 0.242 e. The van der Waals surface area contributed by atoms with Gasteiger partial charge >= 0.3 is 0 Å². The van der Waals surface area contributed by atoms with Crippen LogP contribution in [0.3, 0.4) is 0 Å². The van der Waals surface area contributed by atoms with Crippen molar-refractivity contribution in [2.24, 2.45) is 0 Å².